The SMILES string of the molecule is CCNC(=O)c1noc(-c2cc(CC(C)C)c(OCc3ccccc3)cc2OCc2ccccc2)c1-c1ccc2c(c1)CCN(C)C2. The monoisotopic (exact) mass is 629 g/mol. The smallest absolute Gasteiger partial charge is 0.274 e. The lowest BCUT2D eigenvalue weighted by Crippen LogP contribution is -2.26. The van der Waals surface area contributed by atoms with E-state index in [1.165, 1.54) is 11.1 Å². The summed E-state index contributed by atoms with van der Waals surface area (Å²) in [6, 6.07) is 30.7. The lowest BCUT2D eigenvalue weighted by atomic mass is 9.91. The highest BCUT2D eigenvalue weighted by Crippen LogP contribution is 2.44. The molecule has 1 aromatic heterocycles. The van der Waals surface area contributed by atoms with E-state index in [0.29, 0.717) is 42.7 Å². The molecule has 1 aliphatic heterocycles. The standard InChI is InChI=1S/C40H43N3O4/c1-5-41-40(44)38-37(31-16-17-32-24-43(4)19-18-30(32)21-31)39(47-42-38)34-22-33(20-27(2)3)35(45-25-28-12-8-6-9-13-28)23-36(34)46-26-29-14-10-7-11-15-29/h6-17,21-23,27H,5,18-20,24-26H2,1-4H3,(H,41,44). The van der Waals surface area contributed by atoms with Gasteiger partial charge in [0.2, 0.25) is 0 Å². The van der Waals surface area contributed by atoms with Crippen molar-refractivity contribution >= 4 is 5.91 Å². The summed E-state index contributed by atoms with van der Waals surface area (Å²) < 4.78 is 19.2. The molecule has 0 aliphatic carbocycles. The lowest BCUT2D eigenvalue weighted by Gasteiger charge is -2.25. The molecule has 1 aliphatic rings. The van der Waals surface area contributed by atoms with Crippen molar-refractivity contribution in [3.05, 3.63) is 125 Å². The lowest BCUT2D eigenvalue weighted by molar-refractivity contribution is 0.0947. The first-order valence-electron chi connectivity index (χ1n) is 16.5. The van der Waals surface area contributed by atoms with Crippen LogP contribution in [0.5, 0.6) is 11.5 Å². The number of carbonyl (C=O) groups is 1. The van der Waals surface area contributed by atoms with E-state index >= 15 is 0 Å². The van der Waals surface area contributed by atoms with E-state index in [9.17, 15) is 4.79 Å². The predicted molar refractivity (Wildman–Crippen MR) is 186 cm³/mol. The molecule has 1 N–H and O–H groups in total. The van der Waals surface area contributed by atoms with Crippen LogP contribution in [0, 0.1) is 5.92 Å². The van der Waals surface area contributed by atoms with Gasteiger partial charge in [0.25, 0.3) is 5.91 Å². The van der Waals surface area contributed by atoms with Crippen LogP contribution in [0.1, 0.15) is 59.1 Å². The zero-order chi connectivity index (χ0) is 32.8. The van der Waals surface area contributed by atoms with Gasteiger partial charge in [0.1, 0.15) is 24.7 Å². The average Bonchev–Trinajstić information content (AvgIpc) is 3.53. The van der Waals surface area contributed by atoms with Gasteiger partial charge in [0.15, 0.2) is 11.5 Å². The van der Waals surface area contributed by atoms with Crippen LogP contribution in [-0.2, 0) is 32.6 Å². The molecule has 0 fully saturated rings. The Labute approximate surface area is 277 Å². The molecule has 5 aromatic rings. The molecule has 0 radical (unpaired) electrons. The maximum Gasteiger partial charge on any atom is 0.274 e. The zero-order valence-electron chi connectivity index (χ0n) is 27.7. The van der Waals surface area contributed by atoms with Crippen LogP contribution in [0.4, 0.5) is 0 Å². The number of benzene rings is 4. The van der Waals surface area contributed by atoms with E-state index in [2.05, 4.69) is 72.7 Å². The molecule has 0 unspecified atom stereocenters. The third-order valence-corrected chi connectivity index (χ3v) is 8.45. The maximum absolute atomic E-state index is 13.4. The van der Waals surface area contributed by atoms with Gasteiger partial charge in [-0.1, -0.05) is 97.9 Å². The summed E-state index contributed by atoms with van der Waals surface area (Å²) in [4.78, 5) is 15.7. The summed E-state index contributed by atoms with van der Waals surface area (Å²) in [5.74, 6) is 1.96. The average molecular weight is 630 g/mol. The van der Waals surface area contributed by atoms with Crippen molar-refractivity contribution in [3.8, 4) is 33.9 Å². The molecule has 6 rings (SSSR count). The Morgan fingerprint density at radius 2 is 1.57 bits per heavy atom. The van der Waals surface area contributed by atoms with Gasteiger partial charge in [0.05, 0.1) is 11.1 Å². The topological polar surface area (TPSA) is 76.8 Å². The molecule has 0 bridgehead atoms. The molecular weight excluding hydrogens is 586 g/mol. The Hall–Kier alpha value is -4.88. The number of nitrogens with one attached hydrogen (secondary N) is 1. The van der Waals surface area contributed by atoms with E-state index in [1.807, 2.05) is 61.5 Å². The molecule has 47 heavy (non-hydrogen) atoms. The summed E-state index contributed by atoms with van der Waals surface area (Å²) in [7, 11) is 2.14. The Kier molecular flexibility index (Phi) is 10.0. The minimum Gasteiger partial charge on any atom is -0.488 e. The van der Waals surface area contributed by atoms with E-state index in [0.717, 1.165) is 59.5 Å². The van der Waals surface area contributed by atoms with E-state index in [4.69, 9.17) is 14.0 Å². The molecule has 0 spiro atoms. The fraction of sp³-hybridized carbons (Fsp3) is 0.300. The van der Waals surface area contributed by atoms with Crippen molar-refractivity contribution < 1.29 is 18.8 Å². The highest BCUT2D eigenvalue weighted by atomic mass is 16.5. The number of hydrogen-bond acceptors (Lipinski definition) is 6. The summed E-state index contributed by atoms with van der Waals surface area (Å²) >= 11 is 0. The fourth-order valence-electron chi connectivity index (χ4n) is 6.10. The molecule has 4 aromatic carbocycles. The molecule has 7 heteroatoms. The zero-order valence-corrected chi connectivity index (χ0v) is 27.7. The second-order valence-corrected chi connectivity index (χ2v) is 12.7. The third kappa shape index (κ3) is 7.58. The van der Waals surface area contributed by atoms with Crippen molar-refractivity contribution in [2.75, 3.05) is 20.1 Å². The largest absolute Gasteiger partial charge is 0.488 e. The van der Waals surface area contributed by atoms with Gasteiger partial charge in [0, 0.05) is 25.7 Å². The number of carbonyl (C=O) groups excluding carboxylic acids is 1. The number of nitrogens with zero attached hydrogens (tertiary/aromatic N) is 2. The summed E-state index contributed by atoms with van der Waals surface area (Å²) in [5, 5.41) is 7.30. The maximum atomic E-state index is 13.4. The van der Waals surface area contributed by atoms with E-state index < -0.39 is 0 Å². The summed E-state index contributed by atoms with van der Waals surface area (Å²) in [6.45, 7) is 9.43. The molecule has 7 nitrogen and oxygen atoms in total. The van der Waals surface area contributed by atoms with Crippen LogP contribution in [0.25, 0.3) is 22.5 Å². The van der Waals surface area contributed by atoms with Crippen molar-refractivity contribution in [1.29, 1.82) is 0 Å². The first-order valence-corrected chi connectivity index (χ1v) is 16.5. The Morgan fingerprint density at radius 1 is 0.894 bits per heavy atom. The van der Waals surface area contributed by atoms with Gasteiger partial charge in [-0.3, -0.25) is 4.79 Å². The molecule has 0 saturated heterocycles. The third-order valence-electron chi connectivity index (χ3n) is 8.45. The van der Waals surface area contributed by atoms with Gasteiger partial charge in [-0.2, -0.15) is 0 Å². The number of aromatic nitrogens is 1. The van der Waals surface area contributed by atoms with Crippen molar-refractivity contribution in [2.45, 2.75) is 53.4 Å². The van der Waals surface area contributed by atoms with Crippen LogP contribution >= 0.6 is 0 Å². The first-order chi connectivity index (χ1) is 22.9. The molecular formula is C40H43N3O4. The van der Waals surface area contributed by atoms with Crippen molar-refractivity contribution in [2.24, 2.45) is 5.92 Å². The number of hydrogen-bond donors (Lipinski definition) is 1. The Balaban J connectivity index is 1.50. The second kappa shape index (κ2) is 14.7. The van der Waals surface area contributed by atoms with E-state index in [1.54, 1.807) is 0 Å². The Morgan fingerprint density at radius 3 is 2.23 bits per heavy atom. The highest BCUT2D eigenvalue weighted by Gasteiger charge is 2.28. The quantitative estimate of drug-likeness (QED) is 0.150. The van der Waals surface area contributed by atoms with Crippen LogP contribution in [0.15, 0.2) is 95.5 Å². The number of fused-ring (bicyclic) bond motifs is 1. The molecule has 242 valence electrons. The number of rotatable bonds is 12. The molecule has 2 heterocycles. The Bertz CT molecular complexity index is 1810. The van der Waals surface area contributed by atoms with Crippen LogP contribution in [0.3, 0.4) is 0 Å². The van der Waals surface area contributed by atoms with Gasteiger partial charge in [-0.25, -0.2) is 0 Å². The van der Waals surface area contributed by atoms with Gasteiger partial charge < -0.3 is 24.2 Å². The van der Waals surface area contributed by atoms with E-state index in [-0.39, 0.29) is 11.6 Å². The molecule has 0 saturated carbocycles. The van der Waals surface area contributed by atoms with Gasteiger partial charge >= 0.3 is 0 Å². The van der Waals surface area contributed by atoms with Crippen molar-refractivity contribution in [3.63, 3.8) is 0 Å². The predicted octanol–water partition coefficient (Wildman–Crippen LogP) is 8.10. The van der Waals surface area contributed by atoms with Crippen LogP contribution < -0.4 is 14.8 Å². The van der Waals surface area contributed by atoms with Crippen LogP contribution in [-0.4, -0.2) is 36.1 Å². The van der Waals surface area contributed by atoms with Gasteiger partial charge in [-0.15, -0.1) is 0 Å². The normalized spacial score (nSPS) is 13.0. The minimum atomic E-state index is -0.271. The fourth-order valence-corrected chi connectivity index (χ4v) is 6.10. The summed E-state index contributed by atoms with van der Waals surface area (Å²) in [5.41, 5.74) is 8.29. The highest BCUT2D eigenvalue weighted by molar-refractivity contribution is 6.02. The number of amides is 1. The number of likely N-dealkylation sites (N-methyl/N-ethyl adjacent to an activating group) is 1. The second-order valence-electron chi connectivity index (χ2n) is 12.7. The van der Waals surface area contributed by atoms with Gasteiger partial charge in [-0.05, 0) is 72.2 Å². The van der Waals surface area contributed by atoms with Crippen LogP contribution in [0.2, 0.25) is 0 Å². The number of ether oxygens (including phenoxy) is 2. The molecule has 1 amide bonds. The molecule has 0 atom stereocenters. The van der Waals surface area contributed by atoms with Crippen molar-refractivity contribution in [1.82, 2.24) is 15.4 Å². The summed E-state index contributed by atoms with van der Waals surface area (Å²) in [6.07, 6.45) is 1.73. The minimum absolute atomic E-state index is 0.263. The first kappa shape index (κ1) is 32.1.